The SMILES string of the molecule is COCOc1c(C)ccc(C(C)CCC=C(C)C)c1OCOC. The normalized spacial score (nSPS) is 11.9. The highest BCUT2D eigenvalue weighted by atomic mass is 16.7. The van der Waals surface area contributed by atoms with Crippen LogP contribution in [0.25, 0.3) is 0 Å². The Morgan fingerprint density at radius 1 is 1.04 bits per heavy atom. The van der Waals surface area contributed by atoms with Crippen LogP contribution in [0, 0.1) is 6.92 Å². The third-order valence-electron chi connectivity index (χ3n) is 3.66. The van der Waals surface area contributed by atoms with Crippen LogP contribution in [-0.4, -0.2) is 27.8 Å². The molecule has 0 saturated heterocycles. The number of methoxy groups -OCH3 is 2. The molecule has 0 bridgehead atoms. The van der Waals surface area contributed by atoms with Gasteiger partial charge in [0.15, 0.2) is 25.1 Å². The summed E-state index contributed by atoms with van der Waals surface area (Å²) >= 11 is 0. The second-order valence-corrected chi connectivity index (χ2v) is 5.99. The molecule has 130 valence electrons. The van der Waals surface area contributed by atoms with Crippen LogP contribution in [0.2, 0.25) is 0 Å². The lowest BCUT2D eigenvalue weighted by Crippen LogP contribution is -2.09. The zero-order valence-electron chi connectivity index (χ0n) is 15.3. The molecule has 0 radical (unpaired) electrons. The number of hydrogen-bond donors (Lipinski definition) is 0. The number of rotatable bonds is 10. The standard InChI is InChI=1S/C19H30O4/c1-14(2)8-7-9-15(3)17-11-10-16(4)18(22-12-20-5)19(17)23-13-21-6/h8,10-11,15H,7,9,12-13H2,1-6H3. The predicted molar refractivity (Wildman–Crippen MR) is 93.3 cm³/mol. The van der Waals surface area contributed by atoms with Gasteiger partial charge in [-0.3, -0.25) is 0 Å². The van der Waals surface area contributed by atoms with E-state index in [1.54, 1.807) is 14.2 Å². The molecule has 0 aliphatic heterocycles. The van der Waals surface area contributed by atoms with E-state index in [4.69, 9.17) is 18.9 Å². The Bertz CT molecular complexity index is 504. The predicted octanol–water partition coefficient (Wildman–Crippen LogP) is 4.81. The van der Waals surface area contributed by atoms with E-state index in [0.29, 0.717) is 5.92 Å². The highest BCUT2D eigenvalue weighted by molar-refractivity contribution is 5.52. The van der Waals surface area contributed by atoms with Crippen LogP contribution in [0.4, 0.5) is 0 Å². The first-order valence-electron chi connectivity index (χ1n) is 8.01. The highest BCUT2D eigenvalue weighted by Gasteiger charge is 2.18. The molecule has 0 saturated carbocycles. The Morgan fingerprint density at radius 2 is 1.65 bits per heavy atom. The molecule has 0 aliphatic rings. The lowest BCUT2D eigenvalue weighted by atomic mass is 9.93. The van der Waals surface area contributed by atoms with E-state index in [0.717, 1.165) is 35.5 Å². The lowest BCUT2D eigenvalue weighted by molar-refractivity contribution is 0.0311. The first kappa shape index (κ1) is 19.5. The molecular formula is C19H30O4. The first-order chi connectivity index (χ1) is 11.0. The number of hydrogen-bond acceptors (Lipinski definition) is 4. The van der Waals surface area contributed by atoms with E-state index in [1.807, 2.05) is 6.92 Å². The van der Waals surface area contributed by atoms with Crippen molar-refractivity contribution in [2.24, 2.45) is 0 Å². The van der Waals surface area contributed by atoms with Crippen LogP contribution < -0.4 is 9.47 Å². The van der Waals surface area contributed by atoms with Gasteiger partial charge in [-0.25, -0.2) is 0 Å². The van der Waals surface area contributed by atoms with Crippen molar-refractivity contribution in [2.45, 2.75) is 46.5 Å². The summed E-state index contributed by atoms with van der Waals surface area (Å²) in [6.45, 7) is 8.85. The maximum Gasteiger partial charge on any atom is 0.188 e. The summed E-state index contributed by atoms with van der Waals surface area (Å²) in [5.74, 6) is 1.85. The van der Waals surface area contributed by atoms with E-state index in [-0.39, 0.29) is 13.6 Å². The molecule has 0 heterocycles. The Hall–Kier alpha value is -1.52. The molecule has 1 aromatic rings. The van der Waals surface area contributed by atoms with Gasteiger partial charge in [0.25, 0.3) is 0 Å². The average molecular weight is 322 g/mol. The van der Waals surface area contributed by atoms with Gasteiger partial charge in [0.05, 0.1) is 0 Å². The summed E-state index contributed by atoms with van der Waals surface area (Å²) in [4.78, 5) is 0. The maximum absolute atomic E-state index is 5.83. The molecule has 0 aliphatic carbocycles. The Morgan fingerprint density at radius 3 is 2.22 bits per heavy atom. The van der Waals surface area contributed by atoms with E-state index in [1.165, 1.54) is 5.57 Å². The van der Waals surface area contributed by atoms with E-state index >= 15 is 0 Å². The molecule has 4 nitrogen and oxygen atoms in total. The minimum atomic E-state index is 0.194. The van der Waals surface area contributed by atoms with Gasteiger partial charge in [-0.1, -0.05) is 30.7 Å². The maximum atomic E-state index is 5.83. The molecule has 1 aromatic carbocycles. The number of aryl methyl sites for hydroxylation is 1. The molecular weight excluding hydrogens is 292 g/mol. The van der Waals surface area contributed by atoms with Gasteiger partial charge in [-0.15, -0.1) is 0 Å². The van der Waals surface area contributed by atoms with Gasteiger partial charge in [-0.2, -0.15) is 0 Å². The van der Waals surface area contributed by atoms with Crippen LogP contribution in [0.1, 0.15) is 50.7 Å². The molecule has 1 atom stereocenters. The van der Waals surface area contributed by atoms with Crippen LogP contribution in [-0.2, 0) is 9.47 Å². The van der Waals surface area contributed by atoms with Crippen molar-refractivity contribution in [3.63, 3.8) is 0 Å². The fourth-order valence-corrected chi connectivity index (χ4v) is 2.41. The zero-order valence-corrected chi connectivity index (χ0v) is 15.3. The quantitative estimate of drug-likeness (QED) is 0.457. The van der Waals surface area contributed by atoms with Gasteiger partial charge in [0, 0.05) is 19.8 Å². The smallest absolute Gasteiger partial charge is 0.188 e. The summed E-state index contributed by atoms with van der Waals surface area (Å²) in [7, 11) is 3.22. The fourth-order valence-electron chi connectivity index (χ4n) is 2.41. The molecule has 1 unspecified atom stereocenters. The molecule has 0 spiro atoms. The molecule has 23 heavy (non-hydrogen) atoms. The molecule has 0 amide bonds. The Kier molecular flexibility index (Phi) is 8.74. The third kappa shape index (κ3) is 6.24. The van der Waals surface area contributed by atoms with Crippen LogP contribution >= 0.6 is 0 Å². The van der Waals surface area contributed by atoms with Crippen molar-refractivity contribution in [1.82, 2.24) is 0 Å². The van der Waals surface area contributed by atoms with Crippen molar-refractivity contribution in [1.29, 1.82) is 0 Å². The molecule has 1 rings (SSSR count). The summed E-state index contributed by atoms with van der Waals surface area (Å²) in [6.07, 6.45) is 4.37. The molecule has 0 N–H and O–H groups in total. The second kappa shape index (κ2) is 10.3. The van der Waals surface area contributed by atoms with Crippen molar-refractivity contribution >= 4 is 0 Å². The fraction of sp³-hybridized carbons (Fsp3) is 0.579. The van der Waals surface area contributed by atoms with Gasteiger partial charge in [0.1, 0.15) is 0 Å². The largest absolute Gasteiger partial charge is 0.463 e. The number of ether oxygens (including phenoxy) is 4. The minimum Gasteiger partial charge on any atom is -0.463 e. The minimum absolute atomic E-state index is 0.194. The summed E-state index contributed by atoms with van der Waals surface area (Å²) in [5.41, 5.74) is 3.51. The van der Waals surface area contributed by atoms with E-state index in [2.05, 4.69) is 39.0 Å². The van der Waals surface area contributed by atoms with Gasteiger partial charge >= 0.3 is 0 Å². The van der Waals surface area contributed by atoms with Crippen LogP contribution in [0.5, 0.6) is 11.5 Å². The monoisotopic (exact) mass is 322 g/mol. The third-order valence-corrected chi connectivity index (χ3v) is 3.66. The second-order valence-electron chi connectivity index (χ2n) is 5.99. The molecule has 0 aromatic heterocycles. The Labute approximate surface area is 140 Å². The average Bonchev–Trinajstić information content (AvgIpc) is 2.51. The number of benzene rings is 1. The van der Waals surface area contributed by atoms with Crippen LogP contribution in [0.15, 0.2) is 23.8 Å². The van der Waals surface area contributed by atoms with Gasteiger partial charge in [-0.05, 0) is 45.1 Å². The van der Waals surface area contributed by atoms with Crippen molar-refractivity contribution in [3.05, 3.63) is 34.9 Å². The first-order valence-corrected chi connectivity index (χ1v) is 8.01. The Balaban J connectivity index is 3.05. The van der Waals surface area contributed by atoms with E-state index < -0.39 is 0 Å². The topological polar surface area (TPSA) is 36.9 Å². The summed E-state index contributed by atoms with van der Waals surface area (Å²) < 4.78 is 21.7. The summed E-state index contributed by atoms with van der Waals surface area (Å²) in [5, 5.41) is 0. The summed E-state index contributed by atoms with van der Waals surface area (Å²) in [6, 6.07) is 4.19. The number of allylic oxidation sites excluding steroid dienone is 2. The van der Waals surface area contributed by atoms with Gasteiger partial charge in [0.2, 0.25) is 0 Å². The van der Waals surface area contributed by atoms with Crippen molar-refractivity contribution in [3.8, 4) is 11.5 Å². The van der Waals surface area contributed by atoms with Crippen molar-refractivity contribution in [2.75, 3.05) is 27.8 Å². The lowest BCUT2D eigenvalue weighted by Gasteiger charge is -2.21. The van der Waals surface area contributed by atoms with Crippen LogP contribution in [0.3, 0.4) is 0 Å². The van der Waals surface area contributed by atoms with Crippen molar-refractivity contribution < 1.29 is 18.9 Å². The van der Waals surface area contributed by atoms with Gasteiger partial charge < -0.3 is 18.9 Å². The molecule has 4 heteroatoms. The zero-order chi connectivity index (χ0) is 17.2. The van der Waals surface area contributed by atoms with E-state index in [9.17, 15) is 0 Å². The highest BCUT2D eigenvalue weighted by Crippen LogP contribution is 2.40. The molecule has 0 fully saturated rings.